The van der Waals surface area contributed by atoms with E-state index in [1.165, 1.54) is 0 Å². The minimum Gasteiger partial charge on any atom is -0.496 e. The van der Waals surface area contributed by atoms with Crippen LogP contribution in [0, 0.1) is 5.92 Å². The fourth-order valence-corrected chi connectivity index (χ4v) is 2.34. The predicted molar refractivity (Wildman–Crippen MR) is 73.1 cm³/mol. The van der Waals surface area contributed by atoms with Gasteiger partial charge in [0.1, 0.15) is 5.75 Å². The maximum Gasteiger partial charge on any atom is 0.124 e. The molecule has 0 aromatic heterocycles. The van der Waals surface area contributed by atoms with Crippen molar-refractivity contribution in [3.63, 3.8) is 0 Å². The summed E-state index contributed by atoms with van der Waals surface area (Å²) >= 11 is 3.41. The largest absolute Gasteiger partial charge is 0.496 e. The van der Waals surface area contributed by atoms with E-state index in [2.05, 4.69) is 22.9 Å². The summed E-state index contributed by atoms with van der Waals surface area (Å²) in [6.07, 6.45) is 1.34. The van der Waals surface area contributed by atoms with Crippen molar-refractivity contribution in [2.45, 2.75) is 25.9 Å². The number of aliphatic hydroxyl groups excluding tert-OH is 1. The van der Waals surface area contributed by atoms with Gasteiger partial charge in [0.15, 0.2) is 0 Å². The highest BCUT2D eigenvalue weighted by atomic mass is 79.9. The van der Waals surface area contributed by atoms with E-state index in [1.54, 1.807) is 7.11 Å². The monoisotopic (exact) mass is 301 g/mol. The van der Waals surface area contributed by atoms with Gasteiger partial charge in [-0.05, 0) is 31.2 Å². The van der Waals surface area contributed by atoms with Gasteiger partial charge < -0.3 is 15.6 Å². The molecule has 0 radical (unpaired) electrons. The van der Waals surface area contributed by atoms with Crippen LogP contribution in [-0.4, -0.2) is 18.8 Å². The first-order valence-corrected chi connectivity index (χ1v) is 6.64. The maximum absolute atomic E-state index is 10.4. The fourth-order valence-electron chi connectivity index (χ4n) is 1.97. The third-order valence-electron chi connectivity index (χ3n) is 2.92. The molecule has 3 nitrogen and oxygen atoms in total. The Morgan fingerprint density at radius 2 is 2.18 bits per heavy atom. The first-order valence-electron chi connectivity index (χ1n) is 5.85. The van der Waals surface area contributed by atoms with Crippen molar-refractivity contribution < 1.29 is 9.84 Å². The van der Waals surface area contributed by atoms with Crippen molar-refractivity contribution in [3.8, 4) is 5.75 Å². The number of ether oxygens (including phenoxy) is 1. The molecule has 0 aliphatic rings. The van der Waals surface area contributed by atoms with E-state index in [9.17, 15) is 5.11 Å². The number of halogens is 1. The quantitative estimate of drug-likeness (QED) is 0.849. The van der Waals surface area contributed by atoms with E-state index in [1.807, 2.05) is 18.2 Å². The summed E-state index contributed by atoms with van der Waals surface area (Å²) in [5.74, 6) is 0.776. The van der Waals surface area contributed by atoms with E-state index < -0.39 is 6.10 Å². The SMILES string of the molecule is CCCC(CN)C(O)c1cc(Br)ccc1OC. The second-order valence-corrected chi connectivity index (χ2v) is 5.03. The van der Waals surface area contributed by atoms with Crippen LogP contribution < -0.4 is 10.5 Å². The molecule has 2 unspecified atom stereocenters. The fraction of sp³-hybridized carbons (Fsp3) is 0.538. The Hall–Kier alpha value is -0.580. The number of rotatable bonds is 6. The van der Waals surface area contributed by atoms with Crippen LogP contribution in [0.25, 0.3) is 0 Å². The Balaban J connectivity index is 2.99. The van der Waals surface area contributed by atoms with Crippen molar-refractivity contribution in [1.29, 1.82) is 0 Å². The van der Waals surface area contributed by atoms with Gasteiger partial charge in [-0.25, -0.2) is 0 Å². The second kappa shape index (κ2) is 6.99. The van der Waals surface area contributed by atoms with Gasteiger partial charge in [0.2, 0.25) is 0 Å². The van der Waals surface area contributed by atoms with Crippen molar-refractivity contribution in [2.75, 3.05) is 13.7 Å². The van der Waals surface area contributed by atoms with Crippen LogP contribution in [0.2, 0.25) is 0 Å². The van der Waals surface area contributed by atoms with Crippen molar-refractivity contribution in [1.82, 2.24) is 0 Å². The van der Waals surface area contributed by atoms with Crippen LogP contribution in [-0.2, 0) is 0 Å². The van der Waals surface area contributed by atoms with E-state index in [0.717, 1.165) is 22.9 Å². The zero-order valence-corrected chi connectivity index (χ0v) is 11.9. The third-order valence-corrected chi connectivity index (χ3v) is 3.41. The zero-order valence-electron chi connectivity index (χ0n) is 10.3. The minimum atomic E-state index is -0.576. The minimum absolute atomic E-state index is 0.0724. The molecular weight excluding hydrogens is 282 g/mol. The summed E-state index contributed by atoms with van der Waals surface area (Å²) in [4.78, 5) is 0. The predicted octanol–water partition coefficient (Wildman–Crippen LogP) is 2.87. The summed E-state index contributed by atoms with van der Waals surface area (Å²) < 4.78 is 6.20. The zero-order chi connectivity index (χ0) is 12.8. The van der Waals surface area contributed by atoms with Crippen molar-refractivity contribution in [3.05, 3.63) is 28.2 Å². The Kier molecular flexibility index (Phi) is 5.95. The second-order valence-electron chi connectivity index (χ2n) is 4.12. The van der Waals surface area contributed by atoms with Gasteiger partial charge in [-0.15, -0.1) is 0 Å². The van der Waals surface area contributed by atoms with Gasteiger partial charge in [0, 0.05) is 16.0 Å². The first-order chi connectivity index (χ1) is 8.13. The van der Waals surface area contributed by atoms with Crippen LogP contribution in [0.5, 0.6) is 5.75 Å². The van der Waals surface area contributed by atoms with Gasteiger partial charge >= 0.3 is 0 Å². The lowest BCUT2D eigenvalue weighted by Gasteiger charge is -2.23. The molecule has 96 valence electrons. The highest BCUT2D eigenvalue weighted by molar-refractivity contribution is 9.10. The van der Waals surface area contributed by atoms with E-state index in [0.29, 0.717) is 12.3 Å². The molecule has 0 saturated heterocycles. The normalized spacial score (nSPS) is 14.4. The molecule has 3 N–H and O–H groups in total. The molecule has 17 heavy (non-hydrogen) atoms. The Labute approximate surface area is 111 Å². The molecule has 2 atom stereocenters. The number of nitrogens with two attached hydrogens (primary N) is 1. The van der Waals surface area contributed by atoms with Gasteiger partial charge in [-0.1, -0.05) is 29.3 Å². The molecule has 4 heteroatoms. The van der Waals surface area contributed by atoms with E-state index in [-0.39, 0.29) is 5.92 Å². The lowest BCUT2D eigenvalue weighted by molar-refractivity contribution is 0.104. The average molecular weight is 302 g/mol. The van der Waals surface area contributed by atoms with Gasteiger partial charge in [-0.3, -0.25) is 0 Å². The van der Waals surface area contributed by atoms with E-state index >= 15 is 0 Å². The number of methoxy groups -OCH3 is 1. The van der Waals surface area contributed by atoms with Crippen molar-refractivity contribution in [2.24, 2.45) is 11.7 Å². The van der Waals surface area contributed by atoms with Crippen LogP contribution in [0.15, 0.2) is 22.7 Å². The Morgan fingerprint density at radius 3 is 2.71 bits per heavy atom. The molecule has 1 rings (SSSR count). The highest BCUT2D eigenvalue weighted by Gasteiger charge is 2.22. The van der Waals surface area contributed by atoms with Crippen LogP contribution in [0.3, 0.4) is 0 Å². The molecule has 0 amide bonds. The molecule has 0 aliphatic carbocycles. The van der Waals surface area contributed by atoms with Gasteiger partial charge in [-0.2, -0.15) is 0 Å². The molecular formula is C13H20BrNO2. The van der Waals surface area contributed by atoms with E-state index in [4.69, 9.17) is 10.5 Å². The van der Waals surface area contributed by atoms with Crippen LogP contribution in [0.1, 0.15) is 31.4 Å². The smallest absolute Gasteiger partial charge is 0.124 e. The summed E-state index contributed by atoms with van der Waals surface area (Å²) in [6.45, 7) is 2.57. The lowest BCUT2D eigenvalue weighted by Crippen LogP contribution is -2.22. The molecule has 0 fully saturated rings. The summed E-state index contributed by atoms with van der Waals surface area (Å²) in [5.41, 5.74) is 6.51. The molecule has 0 bridgehead atoms. The van der Waals surface area contributed by atoms with Crippen molar-refractivity contribution >= 4 is 15.9 Å². The lowest BCUT2D eigenvalue weighted by atomic mass is 9.91. The summed E-state index contributed by atoms with van der Waals surface area (Å²) in [7, 11) is 1.61. The Morgan fingerprint density at radius 1 is 1.47 bits per heavy atom. The van der Waals surface area contributed by atoms with Gasteiger partial charge in [0.25, 0.3) is 0 Å². The average Bonchev–Trinajstić information content (AvgIpc) is 2.35. The highest BCUT2D eigenvalue weighted by Crippen LogP contribution is 2.33. The molecule has 0 saturated carbocycles. The first kappa shape index (κ1) is 14.5. The number of benzene rings is 1. The molecule has 1 aromatic rings. The number of hydrogen-bond acceptors (Lipinski definition) is 3. The number of aliphatic hydroxyl groups is 1. The standard InChI is InChI=1S/C13H20BrNO2/c1-3-4-9(8-15)13(16)11-7-10(14)5-6-12(11)17-2/h5-7,9,13,16H,3-4,8,15H2,1-2H3. The number of hydrogen-bond donors (Lipinski definition) is 2. The summed E-state index contributed by atoms with van der Waals surface area (Å²) in [5, 5.41) is 10.4. The molecule has 0 spiro atoms. The molecule has 0 heterocycles. The van der Waals surface area contributed by atoms with Crippen LogP contribution in [0.4, 0.5) is 0 Å². The third kappa shape index (κ3) is 3.69. The van der Waals surface area contributed by atoms with Gasteiger partial charge in [0.05, 0.1) is 13.2 Å². The summed E-state index contributed by atoms with van der Waals surface area (Å²) in [6, 6.07) is 5.64. The molecule has 1 aromatic carbocycles. The maximum atomic E-state index is 10.4. The molecule has 0 aliphatic heterocycles. The topological polar surface area (TPSA) is 55.5 Å². The van der Waals surface area contributed by atoms with Crippen LogP contribution >= 0.6 is 15.9 Å². The Bertz CT molecular complexity index is 357.